The fraction of sp³-hybridized carbons (Fsp3) is 0.412. The smallest absolute Gasteiger partial charge is 0.134 e. The zero-order valence-corrected chi connectivity index (χ0v) is 12.2. The van der Waals surface area contributed by atoms with E-state index < -0.39 is 0 Å². The summed E-state index contributed by atoms with van der Waals surface area (Å²) in [5.41, 5.74) is 8.56. The van der Waals surface area contributed by atoms with Crippen LogP contribution in [0.3, 0.4) is 0 Å². The summed E-state index contributed by atoms with van der Waals surface area (Å²) in [6.07, 6.45) is 0.883. The molecule has 0 aliphatic rings. The molecular weight excluding hydrogens is 234 g/mol. The fourth-order valence-corrected chi connectivity index (χ4v) is 2.25. The van der Waals surface area contributed by atoms with E-state index >= 15 is 0 Å². The third kappa shape index (κ3) is 2.90. The van der Waals surface area contributed by atoms with Gasteiger partial charge in [-0.25, -0.2) is 0 Å². The maximum atomic E-state index is 6.02. The van der Waals surface area contributed by atoms with Crippen molar-refractivity contribution in [2.45, 2.75) is 45.6 Å². The molecule has 0 bridgehead atoms. The van der Waals surface area contributed by atoms with Gasteiger partial charge in [0.1, 0.15) is 11.5 Å². The van der Waals surface area contributed by atoms with Crippen LogP contribution in [0.4, 0.5) is 0 Å². The van der Waals surface area contributed by atoms with Gasteiger partial charge in [-0.3, -0.25) is 0 Å². The van der Waals surface area contributed by atoms with Crippen LogP contribution in [0.25, 0.3) is 11.3 Å². The van der Waals surface area contributed by atoms with Crippen LogP contribution in [-0.2, 0) is 5.41 Å². The van der Waals surface area contributed by atoms with E-state index in [2.05, 4.69) is 45.9 Å². The van der Waals surface area contributed by atoms with Crippen molar-refractivity contribution in [3.63, 3.8) is 0 Å². The maximum absolute atomic E-state index is 6.02. The normalized spacial score (nSPS) is 13.5. The second-order valence-corrected chi connectivity index (χ2v) is 6.01. The Balaban J connectivity index is 2.45. The van der Waals surface area contributed by atoms with Gasteiger partial charge in [0.15, 0.2) is 0 Å². The summed E-state index contributed by atoms with van der Waals surface area (Å²) in [6, 6.07) is 12.4. The highest BCUT2D eigenvalue weighted by molar-refractivity contribution is 5.64. The molecule has 2 aromatic rings. The summed E-state index contributed by atoms with van der Waals surface area (Å²) in [5, 5.41) is 0. The molecule has 0 radical (unpaired) electrons. The van der Waals surface area contributed by atoms with Crippen molar-refractivity contribution >= 4 is 0 Å². The van der Waals surface area contributed by atoms with Crippen molar-refractivity contribution in [3.05, 3.63) is 47.7 Å². The van der Waals surface area contributed by atoms with E-state index in [1.807, 2.05) is 18.2 Å². The topological polar surface area (TPSA) is 39.2 Å². The molecule has 2 heteroatoms. The molecule has 1 aromatic heterocycles. The van der Waals surface area contributed by atoms with Crippen LogP contribution in [0.5, 0.6) is 0 Å². The molecule has 0 spiro atoms. The Morgan fingerprint density at radius 1 is 1.11 bits per heavy atom. The first-order valence-electron chi connectivity index (χ1n) is 6.88. The number of benzene rings is 1. The third-order valence-corrected chi connectivity index (χ3v) is 3.43. The maximum Gasteiger partial charge on any atom is 0.134 e. The highest BCUT2D eigenvalue weighted by Crippen LogP contribution is 2.34. The summed E-state index contributed by atoms with van der Waals surface area (Å²) >= 11 is 0. The van der Waals surface area contributed by atoms with Crippen LogP contribution in [0.2, 0.25) is 0 Å². The van der Waals surface area contributed by atoms with Gasteiger partial charge in [0.05, 0.1) is 6.04 Å². The number of rotatable bonds is 3. The molecule has 0 fully saturated rings. The average Bonchev–Trinajstić information content (AvgIpc) is 2.86. The van der Waals surface area contributed by atoms with Crippen LogP contribution < -0.4 is 5.73 Å². The van der Waals surface area contributed by atoms with Gasteiger partial charge in [-0.15, -0.1) is 0 Å². The van der Waals surface area contributed by atoms with E-state index in [-0.39, 0.29) is 11.5 Å². The van der Waals surface area contributed by atoms with Gasteiger partial charge in [0.2, 0.25) is 0 Å². The molecule has 1 atom stereocenters. The molecule has 19 heavy (non-hydrogen) atoms. The molecule has 0 saturated carbocycles. The zero-order valence-electron chi connectivity index (χ0n) is 12.2. The van der Waals surface area contributed by atoms with E-state index in [4.69, 9.17) is 10.2 Å². The minimum atomic E-state index is -0.0180. The molecule has 0 aliphatic heterocycles. The van der Waals surface area contributed by atoms with Gasteiger partial charge in [0, 0.05) is 5.56 Å². The van der Waals surface area contributed by atoms with Gasteiger partial charge in [-0.2, -0.15) is 0 Å². The Hall–Kier alpha value is -1.54. The van der Waals surface area contributed by atoms with E-state index in [1.54, 1.807) is 0 Å². The van der Waals surface area contributed by atoms with E-state index in [0.29, 0.717) is 0 Å². The van der Waals surface area contributed by atoms with E-state index in [9.17, 15) is 0 Å². The number of furan rings is 1. The van der Waals surface area contributed by atoms with Gasteiger partial charge < -0.3 is 10.2 Å². The molecule has 0 amide bonds. The number of hydrogen-bond donors (Lipinski definition) is 1. The second kappa shape index (κ2) is 5.22. The fourth-order valence-electron chi connectivity index (χ4n) is 2.25. The van der Waals surface area contributed by atoms with Crippen molar-refractivity contribution < 1.29 is 4.42 Å². The first-order valence-corrected chi connectivity index (χ1v) is 6.88. The van der Waals surface area contributed by atoms with Crippen molar-refractivity contribution in [1.29, 1.82) is 0 Å². The Morgan fingerprint density at radius 3 is 2.42 bits per heavy atom. The summed E-state index contributed by atoms with van der Waals surface area (Å²) in [7, 11) is 0. The summed E-state index contributed by atoms with van der Waals surface area (Å²) in [6.45, 7) is 8.71. The predicted molar refractivity (Wildman–Crippen MR) is 80.1 cm³/mol. The highest BCUT2D eigenvalue weighted by atomic mass is 16.3. The quantitative estimate of drug-likeness (QED) is 0.869. The standard InChI is InChI=1S/C17H23NO/c1-5-14(18)16-11-10-15(19-16)12-8-6-7-9-13(12)17(2,3)4/h6-11,14H,5,18H2,1-4H3. The summed E-state index contributed by atoms with van der Waals surface area (Å²) < 4.78 is 5.93. The highest BCUT2D eigenvalue weighted by Gasteiger charge is 2.20. The van der Waals surface area contributed by atoms with Gasteiger partial charge in [-0.05, 0) is 29.5 Å². The molecule has 0 aliphatic carbocycles. The minimum Gasteiger partial charge on any atom is -0.459 e. The van der Waals surface area contributed by atoms with Crippen LogP contribution in [0.15, 0.2) is 40.8 Å². The van der Waals surface area contributed by atoms with E-state index in [0.717, 1.165) is 23.5 Å². The van der Waals surface area contributed by atoms with Crippen LogP contribution in [0, 0.1) is 0 Å². The molecule has 102 valence electrons. The van der Waals surface area contributed by atoms with E-state index in [1.165, 1.54) is 5.56 Å². The van der Waals surface area contributed by atoms with Crippen molar-refractivity contribution in [2.24, 2.45) is 5.73 Å². The number of nitrogens with two attached hydrogens (primary N) is 1. The lowest BCUT2D eigenvalue weighted by atomic mass is 9.83. The summed E-state index contributed by atoms with van der Waals surface area (Å²) in [4.78, 5) is 0. The predicted octanol–water partition coefficient (Wildman–Crippen LogP) is 4.65. The zero-order chi connectivity index (χ0) is 14.0. The Labute approximate surface area is 115 Å². The lowest BCUT2D eigenvalue weighted by Gasteiger charge is -2.22. The van der Waals surface area contributed by atoms with Crippen LogP contribution in [0.1, 0.15) is 51.5 Å². The molecule has 2 N–H and O–H groups in total. The lowest BCUT2D eigenvalue weighted by Crippen LogP contribution is -2.12. The monoisotopic (exact) mass is 257 g/mol. The third-order valence-electron chi connectivity index (χ3n) is 3.43. The Bertz CT molecular complexity index is 548. The van der Waals surface area contributed by atoms with Crippen LogP contribution in [-0.4, -0.2) is 0 Å². The molecule has 1 unspecified atom stereocenters. The van der Waals surface area contributed by atoms with Gasteiger partial charge in [0.25, 0.3) is 0 Å². The van der Waals surface area contributed by atoms with Crippen LogP contribution >= 0.6 is 0 Å². The van der Waals surface area contributed by atoms with Crippen molar-refractivity contribution in [2.75, 3.05) is 0 Å². The van der Waals surface area contributed by atoms with Crippen molar-refractivity contribution in [3.8, 4) is 11.3 Å². The molecule has 2 rings (SSSR count). The molecule has 1 heterocycles. The average molecular weight is 257 g/mol. The largest absolute Gasteiger partial charge is 0.459 e. The lowest BCUT2D eigenvalue weighted by molar-refractivity contribution is 0.468. The molecular formula is C17H23NO. The second-order valence-electron chi connectivity index (χ2n) is 6.01. The number of hydrogen-bond acceptors (Lipinski definition) is 2. The molecule has 2 nitrogen and oxygen atoms in total. The minimum absolute atomic E-state index is 0.0180. The SMILES string of the molecule is CCC(N)c1ccc(-c2ccccc2C(C)(C)C)o1. The van der Waals surface area contributed by atoms with Gasteiger partial charge >= 0.3 is 0 Å². The first kappa shape index (κ1) is 13.9. The molecule has 1 aromatic carbocycles. The van der Waals surface area contributed by atoms with Crippen molar-refractivity contribution in [1.82, 2.24) is 0 Å². The Morgan fingerprint density at radius 2 is 1.79 bits per heavy atom. The Kier molecular flexibility index (Phi) is 3.81. The van der Waals surface area contributed by atoms with Gasteiger partial charge in [-0.1, -0.05) is 52.0 Å². The molecule has 0 saturated heterocycles. The first-order chi connectivity index (χ1) is 8.93. The summed E-state index contributed by atoms with van der Waals surface area (Å²) in [5.74, 6) is 1.77.